The maximum Gasteiger partial charge on any atom is 0.285 e. The highest BCUT2D eigenvalue weighted by Gasteiger charge is 2.23. The van der Waals surface area contributed by atoms with Crippen LogP contribution in [0.4, 0.5) is 4.39 Å². The van der Waals surface area contributed by atoms with Crippen LogP contribution >= 0.6 is 11.3 Å². The van der Waals surface area contributed by atoms with Crippen LogP contribution in [0.3, 0.4) is 0 Å². The quantitative estimate of drug-likeness (QED) is 0.751. The first-order chi connectivity index (χ1) is 12.5. The maximum atomic E-state index is 13.4. The van der Waals surface area contributed by atoms with Gasteiger partial charge in [-0.15, -0.1) is 10.2 Å². The zero-order valence-corrected chi connectivity index (χ0v) is 15.4. The standard InChI is InChI=1S/C19H19FN4OS/c1-11(2)17-22-23-18(26-17)19(25)24-7-5-12(6-8-24)15-10-21-16-9-13(20)3-4-14(15)16/h3-5,9-11,21H,6-8H2,1-2H3. The molecule has 1 aromatic carbocycles. The lowest BCUT2D eigenvalue weighted by atomic mass is 9.99. The van der Waals surface area contributed by atoms with E-state index in [9.17, 15) is 9.18 Å². The van der Waals surface area contributed by atoms with Gasteiger partial charge < -0.3 is 9.88 Å². The second-order valence-corrected chi connectivity index (χ2v) is 7.73. The van der Waals surface area contributed by atoms with E-state index in [-0.39, 0.29) is 17.6 Å². The molecule has 3 heterocycles. The van der Waals surface area contributed by atoms with Gasteiger partial charge in [0.25, 0.3) is 5.91 Å². The Bertz CT molecular complexity index is 1000. The molecule has 2 aromatic heterocycles. The molecule has 0 bridgehead atoms. The predicted molar refractivity (Wildman–Crippen MR) is 101 cm³/mol. The molecule has 0 spiro atoms. The molecule has 0 radical (unpaired) electrons. The fourth-order valence-corrected chi connectivity index (χ4v) is 3.97. The lowest BCUT2D eigenvalue weighted by Crippen LogP contribution is -2.34. The third-order valence-corrected chi connectivity index (χ3v) is 5.82. The van der Waals surface area contributed by atoms with Crippen molar-refractivity contribution in [3.63, 3.8) is 0 Å². The van der Waals surface area contributed by atoms with Crippen molar-refractivity contribution in [3.8, 4) is 0 Å². The van der Waals surface area contributed by atoms with Gasteiger partial charge in [-0.05, 0) is 30.2 Å². The normalized spacial score (nSPS) is 14.9. The molecule has 26 heavy (non-hydrogen) atoms. The Labute approximate surface area is 154 Å². The van der Waals surface area contributed by atoms with E-state index < -0.39 is 0 Å². The molecule has 0 unspecified atom stereocenters. The molecule has 4 rings (SSSR count). The molecule has 1 aliphatic rings. The summed E-state index contributed by atoms with van der Waals surface area (Å²) in [5, 5.41) is 10.5. The van der Waals surface area contributed by atoms with Crippen molar-refractivity contribution in [1.82, 2.24) is 20.1 Å². The molecule has 0 saturated carbocycles. The first-order valence-corrected chi connectivity index (χ1v) is 9.43. The van der Waals surface area contributed by atoms with Gasteiger partial charge in [0.05, 0.1) is 0 Å². The molecular weight excluding hydrogens is 351 g/mol. The third-order valence-electron chi connectivity index (χ3n) is 4.60. The molecule has 0 fully saturated rings. The monoisotopic (exact) mass is 370 g/mol. The van der Waals surface area contributed by atoms with Crippen molar-refractivity contribution in [1.29, 1.82) is 0 Å². The van der Waals surface area contributed by atoms with Crippen LogP contribution in [0.2, 0.25) is 0 Å². The summed E-state index contributed by atoms with van der Waals surface area (Å²) >= 11 is 1.37. The number of nitrogens with one attached hydrogen (secondary N) is 1. The van der Waals surface area contributed by atoms with E-state index in [1.165, 1.54) is 29.0 Å². The summed E-state index contributed by atoms with van der Waals surface area (Å²) in [5.41, 5.74) is 3.03. The van der Waals surface area contributed by atoms with E-state index in [2.05, 4.69) is 21.3 Å². The van der Waals surface area contributed by atoms with E-state index >= 15 is 0 Å². The van der Waals surface area contributed by atoms with E-state index in [1.54, 1.807) is 11.0 Å². The number of H-pyrrole nitrogens is 1. The van der Waals surface area contributed by atoms with Crippen molar-refractivity contribution in [2.75, 3.05) is 13.1 Å². The fraction of sp³-hybridized carbons (Fsp3) is 0.316. The van der Waals surface area contributed by atoms with Crippen molar-refractivity contribution in [2.45, 2.75) is 26.2 Å². The molecular formula is C19H19FN4OS. The van der Waals surface area contributed by atoms with Crippen LogP contribution in [-0.2, 0) is 0 Å². The van der Waals surface area contributed by atoms with Crippen molar-refractivity contribution in [2.24, 2.45) is 0 Å². The predicted octanol–water partition coefficient (Wildman–Crippen LogP) is 4.21. The Morgan fingerprint density at radius 3 is 2.88 bits per heavy atom. The van der Waals surface area contributed by atoms with Crippen LogP contribution in [0.5, 0.6) is 0 Å². The summed E-state index contributed by atoms with van der Waals surface area (Å²) in [5.74, 6) is -0.0440. The SMILES string of the molecule is CC(C)c1nnc(C(=O)N2CC=C(c3c[nH]c4cc(F)ccc34)CC2)s1. The van der Waals surface area contributed by atoms with E-state index in [0.29, 0.717) is 18.1 Å². The number of rotatable bonds is 3. The number of aromatic amines is 1. The minimum Gasteiger partial charge on any atom is -0.360 e. The number of hydrogen-bond acceptors (Lipinski definition) is 4. The maximum absolute atomic E-state index is 13.4. The fourth-order valence-electron chi connectivity index (χ4n) is 3.15. The Kier molecular flexibility index (Phi) is 4.32. The van der Waals surface area contributed by atoms with Gasteiger partial charge in [0.1, 0.15) is 10.8 Å². The number of carbonyl (C=O) groups excluding carboxylic acids is 1. The van der Waals surface area contributed by atoms with Gasteiger partial charge >= 0.3 is 0 Å². The molecule has 3 aromatic rings. The molecule has 0 atom stereocenters. The first-order valence-electron chi connectivity index (χ1n) is 8.61. The van der Waals surface area contributed by atoms with Crippen LogP contribution in [0.25, 0.3) is 16.5 Å². The first kappa shape index (κ1) is 16.9. The zero-order valence-electron chi connectivity index (χ0n) is 14.6. The van der Waals surface area contributed by atoms with E-state index in [0.717, 1.165) is 27.9 Å². The van der Waals surface area contributed by atoms with Crippen LogP contribution in [-0.4, -0.2) is 39.1 Å². The number of benzene rings is 1. The lowest BCUT2D eigenvalue weighted by Gasteiger charge is -2.25. The summed E-state index contributed by atoms with van der Waals surface area (Å²) in [6, 6.07) is 4.77. The number of aromatic nitrogens is 3. The molecule has 134 valence electrons. The molecule has 1 amide bonds. The number of amides is 1. The van der Waals surface area contributed by atoms with Crippen molar-refractivity contribution in [3.05, 3.63) is 51.9 Å². The minimum absolute atomic E-state index is 0.0642. The average Bonchev–Trinajstić information content (AvgIpc) is 3.28. The highest BCUT2D eigenvalue weighted by molar-refractivity contribution is 7.13. The number of fused-ring (bicyclic) bond motifs is 1. The van der Waals surface area contributed by atoms with Gasteiger partial charge in [0, 0.05) is 41.7 Å². The summed E-state index contributed by atoms with van der Waals surface area (Å²) in [7, 11) is 0. The van der Waals surface area contributed by atoms with Gasteiger partial charge in [-0.3, -0.25) is 4.79 Å². The summed E-state index contributed by atoms with van der Waals surface area (Å²) < 4.78 is 13.4. The molecule has 1 N–H and O–H groups in total. The molecule has 7 heteroatoms. The van der Waals surface area contributed by atoms with Crippen molar-refractivity contribution < 1.29 is 9.18 Å². The zero-order chi connectivity index (χ0) is 18.3. The van der Waals surface area contributed by atoms with Crippen LogP contribution < -0.4 is 0 Å². The molecule has 5 nitrogen and oxygen atoms in total. The number of halogens is 1. The van der Waals surface area contributed by atoms with Gasteiger partial charge in [-0.1, -0.05) is 31.3 Å². The minimum atomic E-state index is -0.252. The lowest BCUT2D eigenvalue weighted by molar-refractivity contribution is 0.0771. The topological polar surface area (TPSA) is 61.9 Å². The van der Waals surface area contributed by atoms with Crippen LogP contribution in [0.15, 0.2) is 30.5 Å². The molecule has 0 saturated heterocycles. The number of nitrogens with zero attached hydrogens (tertiary/aromatic N) is 3. The largest absolute Gasteiger partial charge is 0.360 e. The second kappa shape index (κ2) is 6.64. The summed E-state index contributed by atoms with van der Waals surface area (Å²) in [4.78, 5) is 17.6. The van der Waals surface area contributed by atoms with Gasteiger partial charge in [-0.2, -0.15) is 0 Å². The van der Waals surface area contributed by atoms with Gasteiger partial charge in [0.15, 0.2) is 0 Å². The Hall–Kier alpha value is -2.54. The number of hydrogen-bond donors (Lipinski definition) is 1. The smallest absolute Gasteiger partial charge is 0.285 e. The van der Waals surface area contributed by atoms with Crippen LogP contribution in [0.1, 0.15) is 46.6 Å². The van der Waals surface area contributed by atoms with E-state index in [1.807, 2.05) is 20.0 Å². The van der Waals surface area contributed by atoms with Crippen molar-refractivity contribution >= 4 is 33.7 Å². The van der Waals surface area contributed by atoms with E-state index in [4.69, 9.17) is 0 Å². The molecule has 0 aliphatic carbocycles. The Balaban J connectivity index is 1.53. The highest BCUT2D eigenvalue weighted by atomic mass is 32.1. The highest BCUT2D eigenvalue weighted by Crippen LogP contribution is 2.30. The average molecular weight is 370 g/mol. The summed E-state index contributed by atoms with van der Waals surface area (Å²) in [6.07, 6.45) is 4.73. The van der Waals surface area contributed by atoms with Gasteiger partial charge in [-0.25, -0.2) is 4.39 Å². The molecule has 1 aliphatic heterocycles. The Morgan fingerprint density at radius 1 is 1.35 bits per heavy atom. The van der Waals surface area contributed by atoms with Gasteiger partial charge in [0.2, 0.25) is 5.01 Å². The summed E-state index contributed by atoms with van der Waals surface area (Å²) in [6.45, 7) is 5.25. The Morgan fingerprint density at radius 2 is 2.19 bits per heavy atom. The second-order valence-electron chi connectivity index (χ2n) is 6.72. The van der Waals surface area contributed by atoms with Crippen LogP contribution in [0, 0.1) is 5.82 Å². The number of carbonyl (C=O) groups is 1. The third kappa shape index (κ3) is 3.03.